The molecule has 0 spiro atoms. The molecule has 4 rings (SSSR count). The van der Waals surface area contributed by atoms with Crippen LogP contribution in [0.4, 0.5) is 0 Å². The Hall–Kier alpha value is -1.49. The van der Waals surface area contributed by atoms with Crippen molar-refractivity contribution in [3.8, 4) is 0 Å². The van der Waals surface area contributed by atoms with Crippen molar-refractivity contribution in [2.75, 3.05) is 0 Å². The maximum absolute atomic E-state index is 13.2. The van der Waals surface area contributed by atoms with Crippen LogP contribution >= 0.6 is 0 Å². The van der Waals surface area contributed by atoms with Crippen LogP contribution in [0.5, 0.6) is 0 Å². The number of carboxylic acid groups (broad SMARTS) is 1. The van der Waals surface area contributed by atoms with Crippen molar-refractivity contribution < 1.29 is 24.6 Å². The molecule has 3 saturated carbocycles. The fourth-order valence-corrected chi connectivity index (χ4v) is 6.74. The van der Waals surface area contributed by atoms with Crippen molar-refractivity contribution in [3.05, 3.63) is 11.6 Å². The molecule has 0 aromatic heterocycles. The van der Waals surface area contributed by atoms with Crippen LogP contribution in [-0.4, -0.2) is 33.3 Å². The number of fused-ring (bicyclic) bond motifs is 5. The number of allylic oxidation sites excluding steroid dienone is 1. The predicted octanol–water partition coefficient (Wildman–Crippen LogP) is 2.51. The molecule has 3 fully saturated rings. The number of carbonyl (C=O) groups excluding carboxylic acids is 2. The summed E-state index contributed by atoms with van der Waals surface area (Å²) in [5.74, 6) is -0.959. The minimum Gasteiger partial charge on any atom is -0.479 e. The number of rotatable bonds is 1. The second-order valence-electron chi connectivity index (χ2n) is 9.10. The van der Waals surface area contributed by atoms with E-state index in [4.69, 9.17) is 0 Å². The van der Waals surface area contributed by atoms with Gasteiger partial charge in [-0.1, -0.05) is 19.4 Å². The van der Waals surface area contributed by atoms with E-state index >= 15 is 0 Å². The number of aliphatic carboxylic acids is 1. The van der Waals surface area contributed by atoms with Crippen molar-refractivity contribution in [2.45, 2.75) is 64.4 Å². The molecule has 136 valence electrons. The molecule has 0 saturated heterocycles. The van der Waals surface area contributed by atoms with E-state index in [2.05, 4.69) is 6.92 Å². The van der Waals surface area contributed by atoms with Gasteiger partial charge in [-0.25, -0.2) is 4.79 Å². The first-order valence-corrected chi connectivity index (χ1v) is 9.36. The highest BCUT2D eigenvalue weighted by atomic mass is 16.4. The molecule has 0 radical (unpaired) electrons. The Balaban J connectivity index is 1.77. The van der Waals surface area contributed by atoms with Crippen LogP contribution in [0.2, 0.25) is 0 Å². The molecule has 2 N–H and O–H groups in total. The lowest BCUT2D eigenvalue weighted by Gasteiger charge is -2.57. The van der Waals surface area contributed by atoms with E-state index in [0.29, 0.717) is 19.3 Å². The summed E-state index contributed by atoms with van der Waals surface area (Å²) in [6, 6.07) is 0. The predicted molar refractivity (Wildman–Crippen MR) is 89.7 cm³/mol. The van der Waals surface area contributed by atoms with Gasteiger partial charge in [0.15, 0.2) is 11.4 Å². The van der Waals surface area contributed by atoms with E-state index in [1.807, 2.05) is 0 Å². The number of ketones is 2. The lowest BCUT2D eigenvalue weighted by molar-refractivity contribution is -0.183. The minimum atomic E-state index is -1.81. The highest BCUT2D eigenvalue weighted by Crippen LogP contribution is 2.66. The summed E-state index contributed by atoms with van der Waals surface area (Å²) in [6.07, 6.45) is 5.55. The van der Waals surface area contributed by atoms with Crippen LogP contribution in [0, 0.1) is 28.6 Å². The largest absolute Gasteiger partial charge is 0.479 e. The molecule has 0 bridgehead atoms. The summed E-state index contributed by atoms with van der Waals surface area (Å²) in [5.41, 5.74) is -1.87. The molecule has 6 atom stereocenters. The molecule has 0 heterocycles. The Labute approximate surface area is 147 Å². The first-order valence-electron chi connectivity index (χ1n) is 9.36. The highest BCUT2D eigenvalue weighted by Gasteiger charge is 2.68. The van der Waals surface area contributed by atoms with Gasteiger partial charge in [-0.3, -0.25) is 9.59 Å². The molecule has 0 aromatic rings. The Morgan fingerprint density at radius 3 is 2.56 bits per heavy atom. The lowest BCUT2D eigenvalue weighted by Crippen LogP contribution is -2.60. The standard InChI is InChI=1S/C20H26O5/c1-18-7-5-12(21)9-11(18)3-4-13-14-6-8-20(25,17(23)24)19(14,2)10-15(22)16(13)18/h9,13-14,16,25H,3-8,10H2,1-2H3,(H,23,24)/t13-,14-,16+,18-,19-,20?/m0/s1. The van der Waals surface area contributed by atoms with E-state index in [1.54, 1.807) is 13.0 Å². The molecule has 0 aromatic carbocycles. The van der Waals surface area contributed by atoms with Crippen LogP contribution < -0.4 is 0 Å². The molecular weight excluding hydrogens is 320 g/mol. The van der Waals surface area contributed by atoms with Gasteiger partial charge in [-0.05, 0) is 55.4 Å². The molecule has 0 aliphatic heterocycles. The summed E-state index contributed by atoms with van der Waals surface area (Å²) in [7, 11) is 0. The van der Waals surface area contributed by atoms with E-state index in [9.17, 15) is 24.6 Å². The summed E-state index contributed by atoms with van der Waals surface area (Å²) < 4.78 is 0. The van der Waals surface area contributed by atoms with Gasteiger partial charge < -0.3 is 10.2 Å². The summed E-state index contributed by atoms with van der Waals surface area (Å²) in [6.45, 7) is 3.91. The fraction of sp³-hybridized carbons (Fsp3) is 0.750. The van der Waals surface area contributed by atoms with Gasteiger partial charge in [-0.2, -0.15) is 0 Å². The van der Waals surface area contributed by atoms with E-state index in [-0.39, 0.29) is 47.6 Å². The normalized spacial score (nSPS) is 49.1. The number of Topliss-reactive ketones (excluding diaryl/α,β-unsaturated/α-hetero) is 1. The third-order valence-corrected chi connectivity index (χ3v) is 8.16. The van der Waals surface area contributed by atoms with Gasteiger partial charge in [0.25, 0.3) is 0 Å². The van der Waals surface area contributed by atoms with Gasteiger partial charge in [0.2, 0.25) is 0 Å². The molecule has 4 aliphatic rings. The number of carbonyl (C=O) groups is 3. The number of hydrogen-bond donors (Lipinski definition) is 2. The quantitative estimate of drug-likeness (QED) is 0.761. The van der Waals surface area contributed by atoms with Crippen LogP contribution in [0.25, 0.3) is 0 Å². The first kappa shape index (κ1) is 17.0. The monoisotopic (exact) mass is 346 g/mol. The Morgan fingerprint density at radius 2 is 1.88 bits per heavy atom. The van der Waals surface area contributed by atoms with Crippen LogP contribution in [0.1, 0.15) is 58.8 Å². The Morgan fingerprint density at radius 1 is 1.16 bits per heavy atom. The number of carboxylic acids is 1. The van der Waals surface area contributed by atoms with E-state index < -0.39 is 17.0 Å². The molecule has 0 amide bonds. The minimum absolute atomic E-state index is 0.0484. The maximum Gasteiger partial charge on any atom is 0.336 e. The topological polar surface area (TPSA) is 91.7 Å². The van der Waals surface area contributed by atoms with Crippen molar-refractivity contribution >= 4 is 17.5 Å². The van der Waals surface area contributed by atoms with E-state index in [0.717, 1.165) is 18.4 Å². The SMILES string of the molecule is C[C@]12CCC(=O)C=C1CC[C@@H]1[C@@H]2C(=O)C[C@@]2(C)[C@H]1CCC2(O)C(=O)O. The zero-order valence-electron chi connectivity index (χ0n) is 14.9. The van der Waals surface area contributed by atoms with Gasteiger partial charge in [0, 0.05) is 24.2 Å². The molecule has 5 heteroatoms. The molecule has 5 nitrogen and oxygen atoms in total. The summed E-state index contributed by atoms with van der Waals surface area (Å²) in [5, 5.41) is 20.5. The Bertz CT molecular complexity index is 709. The molecule has 1 unspecified atom stereocenters. The second-order valence-corrected chi connectivity index (χ2v) is 9.10. The van der Waals surface area contributed by atoms with Crippen molar-refractivity contribution in [1.82, 2.24) is 0 Å². The first-order chi connectivity index (χ1) is 11.6. The molecule has 25 heavy (non-hydrogen) atoms. The van der Waals surface area contributed by atoms with Gasteiger partial charge in [0.1, 0.15) is 5.78 Å². The highest BCUT2D eigenvalue weighted by molar-refractivity contribution is 5.93. The van der Waals surface area contributed by atoms with Crippen LogP contribution in [0.15, 0.2) is 11.6 Å². The smallest absolute Gasteiger partial charge is 0.336 e. The summed E-state index contributed by atoms with van der Waals surface area (Å²) in [4.78, 5) is 36.8. The van der Waals surface area contributed by atoms with Crippen molar-refractivity contribution in [1.29, 1.82) is 0 Å². The molecular formula is C20H26O5. The lowest BCUT2D eigenvalue weighted by atomic mass is 9.46. The van der Waals surface area contributed by atoms with E-state index in [1.165, 1.54) is 0 Å². The van der Waals surface area contributed by atoms with Crippen molar-refractivity contribution in [2.24, 2.45) is 28.6 Å². The fourth-order valence-electron chi connectivity index (χ4n) is 6.74. The Kier molecular flexibility index (Phi) is 3.41. The number of aliphatic hydroxyl groups is 1. The molecule has 4 aliphatic carbocycles. The maximum atomic E-state index is 13.2. The third kappa shape index (κ3) is 1.96. The zero-order valence-corrected chi connectivity index (χ0v) is 14.9. The summed E-state index contributed by atoms with van der Waals surface area (Å²) >= 11 is 0. The van der Waals surface area contributed by atoms with Gasteiger partial charge >= 0.3 is 5.97 Å². The van der Waals surface area contributed by atoms with Crippen molar-refractivity contribution in [3.63, 3.8) is 0 Å². The van der Waals surface area contributed by atoms with Crippen LogP contribution in [-0.2, 0) is 14.4 Å². The van der Waals surface area contributed by atoms with Crippen LogP contribution in [0.3, 0.4) is 0 Å². The zero-order chi connectivity index (χ0) is 18.2. The van der Waals surface area contributed by atoms with Gasteiger partial charge in [0.05, 0.1) is 0 Å². The average molecular weight is 346 g/mol. The number of hydrogen-bond acceptors (Lipinski definition) is 4. The average Bonchev–Trinajstić information content (AvgIpc) is 2.80. The second kappa shape index (κ2) is 5.03. The third-order valence-electron chi connectivity index (χ3n) is 8.16. The van der Waals surface area contributed by atoms with Gasteiger partial charge in [-0.15, -0.1) is 0 Å².